The van der Waals surface area contributed by atoms with Crippen molar-refractivity contribution in [2.45, 2.75) is 19.6 Å². The first-order valence-corrected chi connectivity index (χ1v) is 9.48. The Bertz CT molecular complexity index is 1060. The molecule has 0 radical (unpaired) electrons. The lowest BCUT2D eigenvalue weighted by atomic mass is 10.1. The maximum Gasteiger partial charge on any atom is 0.0743 e. The largest absolute Gasteiger partial charge is 0.399 e. The second kappa shape index (κ2) is 8.55. The molecular formula is C24H24N4. The molecule has 0 spiro atoms. The van der Waals surface area contributed by atoms with Gasteiger partial charge in [-0.25, -0.2) is 0 Å². The summed E-state index contributed by atoms with van der Waals surface area (Å²) < 4.78 is 0. The summed E-state index contributed by atoms with van der Waals surface area (Å²) in [5.74, 6) is 0. The van der Waals surface area contributed by atoms with Crippen LogP contribution < -0.4 is 16.4 Å². The molecule has 0 saturated carbocycles. The van der Waals surface area contributed by atoms with E-state index in [2.05, 4.69) is 64.1 Å². The Kier molecular flexibility index (Phi) is 5.50. The first-order valence-electron chi connectivity index (χ1n) is 9.48. The lowest BCUT2D eigenvalue weighted by molar-refractivity contribution is 0.693. The summed E-state index contributed by atoms with van der Waals surface area (Å²) in [4.78, 5) is 4.40. The van der Waals surface area contributed by atoms with Crippen molar-refractivity contribution in [3.05, 3.63) is 102 Å². The van der Waals surface area contributed by atoms with E-state index in [4.69, 9.17) is 5.73 Å². The second-order valence-electron chi connectivity index (χ2n) is 6.90. The molecule has 4 heteroatoms. The highest BCUT2D eigenvalue weighted by molar-refractivity contribution is 5.92. The van der Waals surface area contributed by atoms with Crippen LogP contribution in [0.25, 0.3) is 10.9 Å². The Morgan fingerprint density at radius 2 is 1.46 bits per heavy atom. The average Bonchev–Trinajstić information content (AvgIpc) is 2.73. The maximum atomic E-state index is 5.87. The van der Waals surface area contributed by atoms with Crippen LogP contribution in [0.5, 0.6) is 0 Å². The number of fused-ring (bicyclic) bond motifs is 1. The quantitative estimate of drug-likeness (QED) is 0.413. The number of rotatable bonds is 7. The number of aromatic nitrogens is 1. The summed E-state index contributed by atoms with van der Waals surface area (Å²) >= 11 is 0. The van der Waals surface area contributed by atoms with Gasteiger partial charge in [0.25, 0.3) is 0 Å². The third-order valence-electron chi connectivity index (χ3n) is 4.74. The zero-order valence-corrected chi connectivity index (χ0v) is 15.7. The fraction of sp³-hybridized carbons (Fsp3) is 0.125. The number of hydrogen-bond donors (Lipinski definition) is 3. The molecule has 0 saturated heterocycles. The summed E-state index contributed by atoms with van der Waals surface area (Å²) in [5.41, 5.74) is 12.4. The first kappa shape index (κ1) is 18.0. The number of hydrogen-bond acceptors (Lipinski definition) is 4. The number of pyridine rings is 1. The minimum absolute atomic E-state index is 0.729. The van der Waals surface area contributed by atoms with Crippen LogP contribution in [0, 0.1) is 0 Å². The molecule has 1 heterocycles. The van der Waals surface area contributed by atoms with Crippen LogP contribution in [-0.4, -0.2) is 4.98 Å². The molecule has 28 heavy (non-hydrogen) atoms. The Morgan fingerprint density at radius 1 is 0.714 bits per heavy atom. The molecule has 0 fully saturated rings. The predicted octanol–water partition coefficient (Wildman–Crippen LogP) is 4.72. The fourth-order valence-electron chi connectivity index (χ4n) is 3.31. The Labute approximate surface area is 165 Å². The molecule has 1 aromatic heterocycles. The summed E-state index contributed by atoms with van der Waals surface area (Å²) in [6.07, 6.45) is 1.81. The van der Waals surface area contributed by atoms with Gasteiger partial charge in [0.05, 0.1) is 5.52 Å². The molecule has 4 N–H and O–H groups in total. The molecule has 4 rings (SSSR count). The first-order chi connectivity index (χ1) is 13.8. The van der Waals surface area contributed by atoms with Gasteiger partial charge in [-0.05, 0) is 41.0 Å². The predicted molar refractivity (Wildman–Crippen MR) is 117 cm³/mol. The van der Waals surface area contributed by atoms with Crippen LogP contribution in [0.4, 0.5) is 11.4 Å². The van der Waals surface area contributed by atoms with Gasteiger partial charge >= 0.3 is 0 Å². The smallest absolute Gasteiger partial charge is 0.0743 e. The van der Waals surface area contributed by atoms with Gasteiger partial charge in [0.2, 0.25) is 0 Å². The van der Waals surface area contributed by atoms with Gasteiger partial charge in [-0.1, -0.05) is 54.6 Å². The van der Waals surface area contributed by atoms with Crippen molar-refractivity contribution in [2.75, 3.05) is 11.1 Å². The standard InChI is InChI=1S/C24H24N4/c25-21-9-10-22-23(11-12-27-24(22)14-21)28-17-20-8-4-7-19(13-20)16-26-15-18-5-2-1-3-6-18/h1-14,26H,15-17,25H2,(H,27,28). The summed E-state index contributed by atoms with van der Waals surface area (Å²) in [6, 6.07) is 27.0. The van der Waals surface area contributed by atoms with E-state index >= 15 is 0 Å². The van der Waals surface area contributed by atoms with Crippen LogP contribution in [0.15, 0.2) is 85.1 Å². The van der Waals surface area contributed by atoms with Crippen LogP contribution in [0.3, 0.4) is 0 Å². The molecule has 0 bridgehead atoms. The third kappa shape index (κ3) is 4.48. The fourth-order valence-corrected chi connectivity index (χ4v) is 3.31. The van der Waals surface area contributed by atoms with E-state index in [0.717, 1.165) is 41.9 Å². The average molecular weight is 368 g/mol. The Balaban J connectivity index is 1.39. The number of anilines is 2. The van der Waals surface area contributed by atoms with Crippen molar-refractivity contribution in [3.8, 4) is 0 Å². The van der Waals surface area contributed by atoms with Crippen molar-refractivity contribution >= 4 is 22.3 Å². The molecule has 0 atom stereocenters. The topological polar surface area (TPSA) is 63.0 Å². The molecular weight excluding hydrogens is 344 g/mol. The van der Waals surface area contributed by atoms with Gasteiger partial charge in [0, 0.05) is 42.6 Å². The van der Waals surface area contributed by atoms with Crippen LogP contribution in [-0.2, 0) is 19.6 Å². The van der Waals surface area contributed by atoms with Crippen LogP contribution in [0.2, 0.25) is 0 Å². The molecule has 0 aliphatic rings. The van der Waals surface area contributed by atoms with E-state index in [1.165, 1.54) is 16.7 Å². The van der Waals surface area contributed by atoms with E-state index in [0.29, 0.717) is 0 Å². The van der Waals surface area contributed by atoms with E-state index in [9.17, 15) is 0 Å². The number of nitrogens with zero attached hydrogens (tertiary/aromatic N) is 1. The molecule has 0 aliphatic heterocycles. The zero-order valence-electron chi connectivity index (χ0n) is 15.7. The minimum Gasteiger partial charge on any atom is -0.399 e. The normalized spacial score (nSPS) is 10.9. The highest BCUT2D eigenvalue weighted by Gasteiger charge is 2.03. The summed E-state index contributed by atoms with van der Waals surface area (Å²) in [6.45, 7) is 2.48. The zero-order chi connectivity index (χ0) is 19.2. The highest BCUT2D eigenvalue weighted by atomic mass is 14.9. The number of nitrogen functional groups attached to an aromatic ring is 1. The monoisotopic (exact) mass is 368 g/mol. The molecule has 140 valence electrons. The number of nitrogens with two attached hydrogens (primary N) is 1. The SMILES string of the molecule is Nc1ccc2c(NCc3cccc(CNCc4ccccc4)c3)ccnc2c1. The lowest BCUT2D eigenvalue weighted by Crippen LogP contribution is -2.12. The summed E-state index contributed by atoms with van der Waals surface area (Å²) in [7, 11) is 0. The van der Waals surface area contributed by atoms with E-state index in [1.807, 2.05) is 36.5 Å². The van der Waals surface area contributed by atoms with Crippen LogP contribution >= 0.6 is 0 Å². The van der Waals surface area contributed by atoms with Crippen molar-refractivity contribution < 1.29 is 0 Å². The van der Waals surface area contributed by atoms with Gasteiger partial charge in [0.1, 0.15) is 0 Å². The Hall–Kier alpha value is -3.37. The molecule has 4 nitrogen and oxygen atoms in total. The third-order valence-corrected chi connectivity index (χ3v) is 4.74. The molecule has 0 aliphatic carbocycles. The van der Waals surface area contributed by atoms with Gasteiger partial charge in [-0.15, -0.1) is 0 Å². The highest BCUT2D eigenvalue weighted by Crippen LogP contribution is 2.24. The second-order valence-corrected chi connectivity index (χ2v) is 6.90. The van der Waals surface area contributed by atoms with Gasteiger partial charge in [-0.3, -0.25) is 4.98 Å². The van der Waals surface area contributed by atoms with Gasteiger partial charge < -0.3 is 16.4 Å². The molecule has 0 unspecified atom stereocenters. The lowest BCUT2D eigenvalue weighted by Gasteiger charge is -2.11. The van der Waals surface area contributed by atoms with E-state index in [1.54, 1.807) is 0 Å². The van der Waals surface area contributed by atoms with Crippen molar-refractivity contribution in [2.24, 2.45) is 0 Å². The van der Waals surface area contributed by atoms with Crippen LogP contribution in [0.1, 0.15) is 16.7 Å². The number of nitrogens with one attached hydrogen (secondary N) is 2. The summed E-state index contributed by atoms with van der Waals surface area (Å²) in [5, 5.41) is 8.12. The van der Waals surface area contributed by atoms with Gasteiger partial charge in [-0.2, -0.15) is 0 Å². The van der Waals surface area contributed by atoms with Crippen molar-refractivity contribution in [1.82, 2.24) is 10.3 Å². The van der Waals surface area contributed by atoms with E-state index in [-0.39, 0.29) is 0 Å². The number of benzene rings is 3. The minimum atomic E-state index is 0.729. The van der Waals surface area contributed by atoms with Gasteiger partial charge in [0.15, 0.2) is 0 Å². The maximum absolute atomic E-state index is 5.87. The Morgan fingerprint density at radius 3 is 2.32 bits per heavy atom. The molecule has 3 aromatic carbocycles. The molecule has 0 amide bonds. The van der Waals surface area contributed by atoms with Crippen molar-refractivity contribution in [1.29, 1.82) is 0 Å². The van der Waals surface area contributed by atoms with E-state index < -0.39 is 0 Å². The van der Waals surface area contributed by atoms with Crippen molar-refractivity contribution in [3.63, 3.8) is 0 Å². The molecule has 4 aromatic rings.